The topological polar surface area (TPSA) is 71.0 Å². The number of nitrogens with zero attached hydrogens (tertiary/aromatic N) is 4. The Kier molecular flexibility index (Phi) is 5.45. The second kappa shape index (κ2) is 7.74. The molecule has 1 amide bonds. The van der Waals surface area contributed by atoms with Gasteiger partial charge in [0.05, 0.1) is 17.1 Å². The third-order valence-electron chi connectivity index (χ3n) is 3.68. The summed E-state index contributed by atoms with van der Waals surface area (Å²) in [6.07, 6.45) is 5.47. The molecule has 1 saturated heterocycles. The Labute approximate surface area is 143 Å². The molecule has 0 spiro atoms. The minimum atomic E-state index is -0.232. The lowest BCUT2D eigenvalue weighted by molar-refractivity contribution is -0.115. The van der Waals surface area contributed by atoms with Crippen LogP contribution in [0.15, 0.2) is 28.2 Å². The largest absolute Gasteiger partial charge is 0.357 e. The number of amides is 1. The molecule has 8 heteroatoms. The molecule has 6 nitrogen and oxygen atoms in total. The number of hydrogen-bond acceptors (Lipinski definition) is 7. The molecule has 0 bridgehead atoms. The molecule has 0 saturated carbocycles. The molecule has 1 fully saturated rings. The van der Waals surface area contributed by atoms with Crippen LogP contribution in [0.3, 0.4) is 0 Å². The van der Waals surface area contributed by atoms with E-state index in [4.69, 9.17) is 0 Å². The van der Waals surface area contributed by atoms with E-state index in [9.17, 15) is 4.79 Å². The van der Waals surface area contributed by atoms with E-state index in [1.54, 1.807) is 11.7 Å². The molecule has 2 aromatic rings. The van der Waals surface area contributed by atoms with Crippen LogP contribution in [-0.4, -0.2) is 39.4 Å². The number of piperidine rings is 1. The number of anilines is 2. The number of carbonyl (C=O) groups is 1. The van der Waals surface area contributed by atoms with Crippen LogP contribution in [0, 0.1) is 0 Å². The Morgan fingerprint density at radius 3 is 2.83 bits per heavy atom. The van der Waals surface area contributed by atoms with E-state index in [-0.39, 0.29) is 11.2 Å². The fraction of sp³-hybridized carbons (Fsp3) is 0.467. The van der Waals surface area contributed by atoms with Gasteiger partial charge in [0, 0.05) is 13.1 Å². The molecule has 1 aliphatic heterocycles. The number of aromatic nitrogens is 3. The van der Waals surface area contributed by atoms with Gasteiger partial charge >= 0.3 is 0 Å². The standard InChI is InChI=1S/C15H19N5OS2/c1-11(23-15-19-17-10-22-15)14(21)18-12-5-6-13(16-9-12)20-7-3-2-4-8-20/h5-6,9-11H,2-4,7-8H2,1H3,(H,18,21)/t11-/m1/s1. The van der Waals surface area contributed by atoms with Crippen molar-refractivity contribution in [2.24, 2.45) is 0 Å². The summed E-state index contributed by atoms with van der Waals surface area (Å²) in [6, 6.07) is 3.89. The maximum Gasteiger partial charge on any atom is 0.237 e. The Hall–Kier alpha value is -1.67. The Morgan fingerprint density at radius 1 is 1.35 bits per heavy atom. The van der Waals surface area contributed by atoms with Gasteiger partial charge in [0.15, 0.2) is 4.34 Å². The maximum atomic E-state index is 12.2. The second-order valence-corrected chi connectivity index (χ2v) is 7.83. The van der Waals surface area contributed by atoms with Crippen LogP contribution in [0.1, 0.15) is 26.2 Å². The first-order valence-electron chi connectivity index (χ1n) is 7.67. The minimum absolute atomic E-state index is 0.0577. The molecule has 0 unspecified atom stereocenters. The summed E-state index contributed by atoms with van der Waals surface area (Å²) in [5.74, 6) is 0.928. The SMILES string of the molecule is C[C@@H](Sc1nncs1)C(=O)Nc1ccc(N2CCCCC2)nc1. The van der Waals surface area contributed by atoms with Crippen molar-refractivity contribution in [3.63, 3.8) is 0 Å². The first kappa shape index (κ1) is 16.2. The van der Waals surface area contributed by atoms with Crippen LogP contribution in [0.5, 0.6) is 0 Å². The molecule has 1 aliphatic rings. The Bertz CT molecular complexity index is 626. The average Bonchev–Trinajstić information content (AvgIpc) is 3.09. The smallest absolute Gasteiger partial charge is 0.237 e. The lowest BCUT2D eigenvalue weighted by atomic mass is 10.1. The molecular weight excluding hydrogens is 330 g/mol. The van der Waals surface area contributed by atoms with Crippen LogP contribution >= 0.6 is 23.1 Å². The molecule has 2 aromatic heterocycles. The van der Waals surface area contributed by atoms with Crippen molar-refractivity contribution in [1.29, 1.82) is 0 Å². The van der Waals surface area contributed by atoms with Gasteiger partial charge in [-0.25, -0.2) is 4.98 Å². The highest BCUT2D eigenvalue weighted by Gasteiger charge is 2.17. The highest BCUT2D eigenvalue weighted by atomic mass is 32.2. The van der Waals surface area contributed by atoms with E-state index < -0.39 is 0 Å². The van der Waals surface area contributed by atoms with Crippen LogP contribution < -0.4 is 10.2 Å². The fourth-order valence-electron chi connectivity index (χ4n) is 2.43. The van der Waals surface area contributed by atoms with Gasteiger partial charge < -0.3 is 10.2 Å². The minimum Gasteiger partial charge on any atom is -0.357 e. The third kappa shape index (κ3) is 4.42. The quantitative estimate of drug-likeness (QED) is 0.837. The van der Waals surface area contributed by atoms with Crippen LogP contribution in [0.25, 0.3) is 0 Å². The van der Waals surface area contributed by atoms with E-state index in [2.05, 4.69) is 25.4 Å². The highest BCUT2D eigenvalue weighted by Crippen LogP contribution is 2.25. The molecular formula is C15H19N5OS2. The Balaban J connectivity index is 1.55. The third-order valence-corrected chi connectivity index (χ3v) is 5.59. The van der Waals surface area contributed by atoms with E-state index in [1.807, 2.05) is 19.1 Å². The molecule has 23 heavy (non-hydrogen) atoms. The van der Waals surface area contributed by atoms with Gasteiger partial charge in [0.2, 0.25) is 5.91 Å². The summed E-state index contributed by atoms with van der Waals surface area (Å²) in [6.45, 7) is 3.99. The Morgan fingerprint density at radius 2 is 2.17 bits per heavy atom. The summed E-state index contributed by atoms with van der Waals surface area (Å²) in [5, 5.41) is 10.4. The van der Waals surface area contributed by atoms with Crippen LogP contribution in [0.2, 0.25) is 0 Å². The molecule has 0 radical (unpaired) electrons. The van der Waals surface area contributed by atoms with Gasteiger partial charge in [-0.1, -0.05) is 23.1 Å². The zero-order valence-corrected chi connectivity index (χ0v) is 14.6. The average molecular weight is 349 g/mol. The highest BCUT2D eigenvalue weighted by molar-refractivity contribution is 8.02. The summed E-state index contributed by atoms with van der Waals surface area (Å²) in [5.41, 5.74) is 2.39. The number of pyridine rings is 1. The van der Waals surface area contributed by atoms with Gasteiger partial charge in [-0.05, 0) is 38.3 Å². The number of thioether (sulfide) groups is 1. The predicted molar refractivity (Wildman–Crippen MR) is 94.2 cm³/mol. The summed E-state index contributed by atoms with van der Waals surface area (Å²) < 4.78 is 0.797. The molecule has 0 aliphatic carbocycles. The van der Waals surface area contributed by atoms with E-state index >= 15 is 0 Å². The van der Waals surface area contributed by atoms with E-state index in [0.717, 1.165) is 28.9 Å². The number of nitrogens with one attached hydrogen (secondary N) is 1. The molecule has 1 N–H and O–H groups in total. The van der Waals surface area contributed by atoms with E-state index in [1.165, 1.54) is 42.4 Å². The summed E-state index contributed by atoms with van der Waals surface area (Å²) in [7, 11) is 0. The molecule has 3 rings (SSSR count). The summed E-state index contributed by atoms with van der Waals surface area (Å²) in [4.78, 5) is 19.0. The van der Waals surface area contributed by atoms with Gasteiger partial charge in [0.1, 0.15) is 11.3 Å². The number of carbonyl (C=O) groups excluding carboxylic acids is 1. The van der Waals surface area contributed by atoms with Crippen molar-refractivity contribution in [2.75, 3.05) is 23.3 Å². The normalized spacial score (nSPS) is 16.1. The maximum absolute atomic E-state index is 12.2. The zero-order chi connectivity index (χ0) is 16.1. The lowest BCUT2D eigenvalue weighted by Gasteiger charge is -2.27. The van der Waals surface area contributed by atoms with Gasteiger partial charge in [-0.3, -0.25) is 4.79 Å². The number of hydrogen-bond donors (Lipinski definition) is 1. The second-order valence-electron chi connectivity index (χ2n) is 5.41. The first-order chi connectivity index (χ1) is 11.2. The predicted octanol–water partition coefficient (Wildman–Crippen LogP) is 3.04. The van der Waals surface area contributed by atoms with Crippen molar-refractivity contribution in [2.45, 2.75) is 35.8 Å². The van der Waals surface area contributed by atoms with Crippen LogP contribution in [0.4, 0.5) is 11.5 Å². The van der Waals surface area contributed by atoms with Gasteiger partial charge in [-0.15, -0.1) is 10.2 Å². The van der Waals surface area contributed by atoms with Crippen molar-refractivity contribution in [3.8, 4) is 0 Å². The molecule has 0 aromatic carbocycles. The molecule has 1 atom stereocenters. The van der Waals surface area contributed by atoms with Crippen molar-refractivity contribution >= 4 is 40.5 Å². The molecule has 122 valence electrons. The van der Waals surface area contributed by atoms with E-state index in [0.29, 0.717) is 0 Å². The monoisotopic (exact) mass is 349 g/mol. The zero-order valence-electron chi connectivity index (χ0n) is 12.9. The molecule has 3 heterocycles. The fourth-order valence-corrected chi connectivity index (χ4v) is 4.06. The first-order valence-corrected chi connectivity index (χ1v) is 9.43. The summed E-state index contributed by atoms with van der Waals surface area (Å²) >= 11 is 2.84. The van der Waals surface area contributed by atoms with Crippen molar-refractivity contribution < 1.29 is 4.79 Å². The van der Waals surface area contributed by atoms with Crippen molar-refractivity contribution in [1.82, 2.24) is 15.2 Å². The van der Waals surface area contributed by atoms with Gasteiger partial charge in [0.25, 0.3) is 0 Å². The number of rotatable bonds is 5. The van der Waals surface area contributed by atoms with Crippen molar-refractivity contribution in [3.05, 3.63) is 23.8 Å². The van der Waals surface area contributed by atoms with Gasteiger partial charge in [-0.2, -0.15) is 0 Å². The van der Waals surface area contributed by atoms with Crippen LogP contribution in [-0.2, 0) is 4.79 Å². The lowest BCUT2D eigenvalue weighted by Crippen LogP contribution is -2.30.